The fourth-order valence-electron chi connectivity index (χ4n) is 4.15. The Labute approximate surface area is 197 Å². The number of carbonyl (C=O) groups is 2. The highest BCUT2D eigenvalue weighted by molar-refractivity contribution is 5.99. The average Bonchev–Trinajstić information content (AvgIpc) is 3.19. The number of ether oxygens (including phenoxy) is 3. The average molecular weight is 464 g/mol. The van der Waals surface area contributed by atoms with Crippen LogP contribution in [0.1, 0.15) is 33.9 Å². The second kappa shape index (κ2) is 9.82. The van der Waals surface area contributed by atoms with Crippen molar-refractivity contribution in [3.05, 3.63) is 83.2 Å². The van der Waals surface area contributed by atoms with Crippen molar-refractivity contribution in [3.63, 3.8) is 0 Å². The zero-order valence-electron chi connectivity index (χ0n) is 19.1. The first-order chi connectivity index (χ1) is 16.4. The van der Waals surface area contributed by atoms with Crippen LogP contribution in [0.2, 0.25) is 0 Å². The first-order valence-corrected chi connectivity index (χ1v) is 10.7. The van der Waals surface area contributed by atoms with E-state index in [4.69, 9.17) is 14.2 Å². The van der Waals surface area contributed by atoms with E-state index in [0.717, 1.165) is 5.56 Å². The Kier molecular flexibility index (Phi) is 6.67. The van der Waals surface area contributed by atoms with Crippen LogP contribution in [0.3, 0.4) is 0 Å². The Morgan fingerprint density at radius 2 is 1.65 bits per heavy atom. The summed E-state index contributed by atoms with van der Waals surface area (Å²) in [5.74, 6) is 0.376. The summed E-state index contributed by atoms with van der Waals surface area (Å²) in [6.45, 7) is 0.361. The monoisotopic (exact) mass is 464 g/mol. The highest BCUT2D eigenvalue weighted by atomic mass is 19.1. The molecule has 1 N–H and O–H groups in total. The van der Waals surface area contributed by atoms with Crippen LogP contribution in [0.5, 0.6) is 17.2 Å². The van der Waals surface area contributed by atoms with Crippen molar-refractivity contribution >= 4 is 17.5 Å². The number of halogens is 1. The van der Waals surface area contributed by atoms with Crippen molar-refractivity contribution in [1.82, 2.24) is 4.90 Å². The molecule has 1 aliphatic rings. The molecule has 4 rings (SSSR count). The van der Waals surface area contributed by atoms with Crippen molar-refractivity contribution in [2.75, 3.05) is 26.6 Å². The van der Waals surface area contributed by atoms with Crippen LogP contribution in [0, 0.1) is 5.82 Å². The molecule has 0 radical (unpaired) electrons. The smallest absolute Gasteiger partial charge is 0.255 e. The van der Waals surface area contributed by atoms with Crippen molar-refractivity contribution in [3.8, 4) is 17.2 Å². The van der Waals surface area contributed by atoms with Crippen molar-refractivity contribution in [2.24, 2.45) is 0 Å². The molecule has 34 heavy (non-hydrogen) atoms. The van der Waals surface area contributed by atoms with Gasteiger partial charge in [0.2, 0.25) is 11.7 Å². The van der Waals surface area contributed by atoms with Crippen molar-refractivity contribution in [1.29, 1.82) is 0 Å². The van der Waals surface area contributed by atoms with Crippen LogP contribution in [-0.4, -0.2) is 38.0 Å². The first-order valence-electron chi connectivity index (χ1n) is 10.7. The summed E-state index contributed by atoms with van der Waals surface area (Å²) >= 11 is 0. The van der Waals surface area contributed by atoms with Gasteiger partial charge in [-0.15, -0.1) is 0 Å². The number of carbonyl (C=O) groups excluding carboxylic acids is 2. The van der Waals surface area contributed by atoms with Crippen molar-refractivity contribution in [2.45, 2.75) is 19.0 Å². The van der Waals surface area contributed by atoms with Gasteiger partial charge < -0.3 is 24.4 Å². The fraction of sp³-hybridized carbons (Fsp3) is 0.231. The molecule has 0 spiro atoms. The Hall–Kier alpha value is -4.07. The van der Waals surface area contributed by atoms with Gasteiger partial charge in [0.05, 0.1) is 33.8 Å². The molecule has 1 aliphatic heterocycles. The van der Waals surface area contributed by atoms with Crippen LogP contribution in [0.15, 0.2) is 60.7 Å². The van der Waals surface area contributed by atoms with E-state index in [2.05, 4.69) is 5.32 Å². The predicted octanol–water partition coefficient (Wildman–Crippen LogP) is 4.58. The Morgan fingerprint density at radius 1 is 1.00 bits per heavy atom. The van der Waals surface area contributed by atoms with Crippen molar-refractivity contribution < 1.29 is 28.2 Å². The molecule has 0 unspecified atom stereocenters. The van der Waals surface area contributed by atoms with E-state index in [0.29, 0.717) is 40.6 Å². The van der Waals surface area contributed by atoms with Crippen LogP contribution in [0.25, 0.3) is 0 Å². The van der Waals surface area contributed by atoms with E-state index >= 15 is 0 Å². The molecule has 3 aromatic carbocycles. The van der Waals surface area contributed by atoms with Crippen LogP contribution in [0.4, 0.5) is 10.1 Å². The lowest BCUT2D eigenvalue weighted by Gasteiger charge is -2.29. The van der Waals surface area contributed by atoms with Gasteiger partial charge >= 0.3 is 0 Å². The number of benzene rings is 3. The maximum Gasteiger partial charge on any atom is 0.255 e. The number of hydrogen-bond acceptors (Lipinski definition) is 5. The molecule has 0 aliphatic carbocycles. The molecule has 7 nitrogen and oxygen atoms in total. The summed E-state index contributed by atoms with van der Waals surface area (Å²) in [6.07, 6.45) is -0.0320. The number of fused-ring (bicyclic) bond motifs is 1. The molecular formula is C26H25FN2O5. The summed E-state index contributed by atoms with van der Waals surface area (Å²) in [6, 6.07) is 15.8. The third-order valence-electron chi connectivity index (χ3n) is 5.80. The zero-order chi connectivity index (χ0) is 24.2. The van der Waals surface area contributed by atoms with Gasteiger partial charge in [0.15, 0.2) is 11.5 Å². The Balaban J connectivity index is 1.71. The minimum Gasteiger partial charge on any atom is -0.493 e. The van der Waals surface area contributed by atoms with Crippen LogP contribution < -0.4 is 19.5 Å². The quantitative estimate of drug-likeness (QED) is 0.528. The van der Waals surface area contributed by atoms with Gasteiger partial charge in [0.1, 0.15) is 5.82 Å². The zero-order valence-corrected chi connectivity index (χ0v) is 19.1. The SMILES string of the molecule is COc1cc([C@@H](CC(=O)Nc2ccc(F)cc2)N2Cc3ccccc3C2=O)cc(OC)c1OC. The molecule has 2 amide bonds. The normalized spacial score (nSPS) is 13.3. The summed E-state index contributed by atoms with van der Waals surface area (Å²) in [5, 5.41) is 2.78. The molecule has 0 aromatic heterocycles. The van der Waals surface area contributed by atoms with E-state index < -0.39 is 11.9 Å². The van der Waals surface area contributed by atoms with Gasteiger partial charge in [0.25, 0.3) is 5.91 Å². The number of methoxy groups -OCH3 is 3. The van der Waals surface area contributed by atoms with Gasteiger partial charge in [-0.1, -0.05) is 18.2 Å². The van der Waals surface area contributed by atoms with Gasteiger partial charge in [-0.05, 0) is 53.6 Å². The van der Waals surface area contributed by atoms with Gasteiger partial charge in [-0.2, -0.15) is 0 Å². The summed E-state index contributed by atoms with van der Waals surface area (Å²) in [7, 11) is 4.52. The maximum atomic E-state index is 13.3. The van der Waals surface area contributed by atoms with Gasteiger partial charge in [-0.25, -0.2) is 4.39 Å². The molecular weight excluding hydrogens is 439 g/mol. The third-order valence-corrected chi connectivity index (χ3v) is 5.80. The second-order valence-electron chi connectivity index (χ2n) is 7.82. The molecule has 0 saturated heterocycles. The molecule has 1 heterocycles. The fourth-order valence-corrected chi connectivity index (χ4v) is 4.15. The lowest BCUT2D eigenvalue weighted by molar-refractivity contribution is -0.117. The Bertz CT molecular complexity index is 1190. The van der Waals surface area contributed by atoms with E-state index in [1.807, 2.05) is 18.2 Å². The number of anilines is 1. The number of nitrogens with one attached hydrogen (secondary N) is 1. The first kappa shape index (κ1) is 23.1. The number of rotatable bonds is 8. The molecule has 8 heteroatoms. The molecule has 0 bridgehead atoms. The van der Waals surface area contributed by atoms with E-state index in [9.17, 15) is 14.0 Å². The lowest BCUT2D eigenvalue weighted by atomic mass is 10.00. The molecule has 0 fully saturated rings. The van der Waals surface area contributed by atoms with Gasteiger partial charge in [-0.3, -0.25) is 9.59 Å². The third kappa shape index (κ3) is 4.52. The summed E-state index contributed by atoms with van der Waals surface area (Å²) < 4.78 is 29.6. The molecule has 176 valence electrons. The topological polar surface area (TPSA) is 77.1 Å². The van der Waals surface area contributed by atoms with Gasteiger partial charge in [0, 0.05) is 17.8 Å². The van der Waals surface area contributed by atoms with Crippen LogP contribution >= 0.6 is 0 Å². The molecule has 3 aromatic rings. The minimum atomic E-state index is -0.617. The standard InChI is InChI=1S/C26H25FN2O5/c1-32-22-12-17(13-23(33-2)25(22)34-3)21(14-24(30)28-19-10-8-18(27)9-11-19)29-15-16-6-4-5-7-20(16)26(29)31/h4-13,21H,14-15H2,1-3H3,(H,28,30)/t21-/m1/s1. The van der Waals surface area contributed by atoms with E-state index in [1.54, 1.807) is 23.1 Å². The number of hydrogen-bond donors (Lipinski definition) is 1. The second-order valence-corrected chi connectivity index (χ2v) is 7.82. The lowest BCUT2D eigenvalue weighted by Crippen LogP contribution is -2.32. The number of nitrogens with zero attached hydrogens (tertiary/aromatic N) is 1. The summed E-state index contributed by atoms with van der Waals surface area (Å²) in [4.78, 5) is 28.0. The van der Waals surface area contributed by atoms with Crippen LogP contribution in [-0.2, 0) is 11.3 Å². The molecule has 1 atom stereocenters. The summed E-state index contributed by atoms with van der Waals surface area (Å²) in [5.41, 5.74) is 2.62. The highest BCUT2D eigenvalue weighted by Gasteiger charge is 2.35. The highest BCUT2D eigenvalue weighted by Crippen LogP contribution is 2.43. The van der Waals surface area contributed by atoms with E-state index in [-0.39, 0.29) is 18.2 Å². The largest absolute Gasteiger partial charge is 0.493 e. The predicted molar refractivity (Wildman–Crippen MR) is 125 cm³/mol. The van der Waals surface area contributed by atoms with E-state index in [1.165, 1.54) is 45.6 Å². The minimum absolute atomic E-state index is 0.0320. The number of amides is 2. The maximum absolute atomic E-state index is 13.3. The Morgan fingerprint density at radius 3 is 2.24 bits per heavy atom. The molecule has 0 saturated carbocycles.